The molecule has 2 aromatic carbocycles. The van der Waals surface area contributed by atoms with Crippen LogP contribution in [0, 0.1) is 0 Å². The van der Waals surface area contributed by atoms with Crippen LogP contribution in [0.3, 0.4) is 0 Å². The molecule has 0 bridgehead atoms. The highest BCUT2D eigenvalue weighted by atomic mass is 16.4. The van der Waals surface area contributed by atoms with Crippen molar-refractivity contribution < 1.29 is 9.90 Å². The fourth-order valence-electron chi connectivity index (χ4n) is 4.62. The molecule has 186 valence electrons. The number of nitrogens with zero attached hydrogens (tertiary/aromatic N) is 4. The van der Waals surface area contributed by atoms with E-state index in [1.165, 1.54) is 0 Å². The van der Waals surface area contributed by atoms with E-state index in [1.54, 1.807) is 18.5 Å². The summed E-state index contributed by atoms with van der Waals surface area (Å²) in [6.45, 7) is 3.43. The van der Waals surface area contributed by atoms with Gasteiger partial charge in [-0.05, 0) is 61.4 Å². The average Bonchev–Trinajstić information content (AvgIpc) is 3.32. The summed E-state index contributed by atoms with van der Waals surface area (Å²) in [5.74, 6) is 0.392. The third-order valence-corrected chi connectivity index (χ3v) is 6.79. The first kappa shape index (κ1) is 23.7. The van der Waals surface area contributed by atoms with Crippen LogP contribution in [0.4, 0.5) is 11.8 Å². The normalized spacial score (nSPS) is 17.7. The van der Waals surface area contributed by atoms with Crippen LogP contribution in [-0.2, 0) is 13.1 Å². The van der Waals surface area contributed by atoms with Gasteiger partial charge in [-0.15, -0.1) is 0 Å². The zero-order valence-electron chi connectivity index (χ0n) is 20.3. The molecule has 0 spiro atoms. The minimum absolute atomic E-state index is 0.280. The number of benzene rings is 2. The third kappa shape index (κ3) is 5.16. The molecule has 1 saturated carbocycles. The van der Waals surface area contributed by atoms with Crippen molar-refractivity contribution in [3.63, 3.8) is 0 Å². The molecule has 2 aromatic heterocycles. The molecule has 4 aromatic rings. The minimum Gasteiger partial charge on any atom is -0.478 e. The zero-order chi connectivity index (χ0) is 25.1. The van der Waals surface area contributed by atoms with Crippen LogP contribution in [-0.4, -0.2) is 42.7 Å². The summed E-state index contributed by atoms with van der Waals surface area (Å²) < 4.78 is 2.02. The second kappa shape index (κ2) is 10.3. The zero-order valence-corrected chi connectivity index (χ0v) is 20.3. The van der Waals surface area contributed by atoms with E-state index in [4.69, 9.17) is 20.8 Å². The first-order chi connectivity index (χ1) is 17.5. The van der Waals surface area contributed by atoms with Gasteiger partial charge in [-0.2, -0.15) is 9.97 Å². The van der Waals surface area contributed by atoms with Gasteiger partial charge in [0.2, 0.25) is 5.95 Å². The first-order valence-electron chi connectivity index (χ1n) is 12.4. The topological polar surface area (TPSA) is 131 Å². The van der Waals surface area contributed by atoms with Crippen molar-refractivity contribution in [3.8, 4) is 11.1 Å². The van der Waals surface area contributed by atoms with Crippen LogP contribution in [0.1, 0.15) is 48.5 Å². The second-order valence-corrected chi connectivity index (χ2v) is 9.29. The van der Waals surface area contributed by atoms with Gasteiger partial charge in [0.1, 0.15) is 0 Å². The van der Waals surface area contributed by atoms with Crippen LogP contribution in [0.15, 0.2) is 54.9 Å². The van der Waals surface area contributed by atoms with Crippen LogP contribution >= 0.6 is 0 Å². The molecule has 1 aliphatic carbocycles. The van der Waals surface area contributed by atoms with Gasteiger partial charge in [0, 0.05) is 25.2 Å². The number of rotatable bonds is 8. The molecular formula is C27H31N7O2. The SMILES string of the molecule is CCn1cnc2c(NCc3ccc(-c4ccc(C(=O)O)cc4)cc3)nc(NC3CCC(N)CC3)nc21. The van der Waals surface area contributed by atoms with Crippen molar-refractivity contribution in [2.75, 3.05) is 10.6 Å². The highest BCUT2D eigenvalue weighted by Crippen LogP contribution is 2.25. The number of hydrogen-bond donors (Lipinski definition) is 4. The Morgan fingerprint density at radius 2 is 1.69 bits per heavy atom. The summed E-state index contributed by atoms with van der Waals surface area (Å²) in [6.07, 6.45) is 5.86. The van der Waals surface area contributed by atoms with E-state index in [9.17, 15) is 4.79 Å². The molecule has 0 saturated heterocycles. The summed E-state index contributed by atoms with van der Waals surface area (Å²) in [5, 5.41) is 16.1. The Morgan fingerprint density at radius 3 is 2.33 bits per heavy atom. The third-order valence-electron chi connectivity index (χ3n) is 6.79. The quantitative estimate of drug-likeness (QED) is 0.287. The highest BCUT2D eigenvalue weighted by Gasteiger charge is 2.20. The number of aromatic nitrogens is 4. The van der Waals surface area contributed by atoms with Gasteiger partial charge in [0.25, 0.3) is 0 Å². The van der Waals surface area contributed by atoms with Crippen LogP contribution in [0.5, 0.6) is 0 Å². The lowest BCUT2D eigenvalue weighted by atomic mass is 9.92. The number of anilines is 2. The molecule has 9 heteroatoms. The van der Waals surface area contributed by atoms with Crippen molar-refractivity contribution in [1.29, 1.82) is 0 Å². The van der Waals surface area contributed by atoms with Crippen LogP contribution in [0.25, 0.3) is 22.3 Å². The van der Waals surface area contributed by atoms with Crippen LogP contribution < -0.4 is 16.4 Å². The monoisotopic (exact) mass is 485 g/mol. The van der Waals surface area contributed by atoms with Gasteiger partial charge in [-0.25, -0.2) is 9.78 Å². The van der Waals surface area contributed by atoms with E-state index in [0.717, 1.165) is 60.1 Å². The number of nitrogens with one attached hydrogen (secondary N) is 2. The number of fused-ring (bicyclic) bond motifs is 1. The highest BCUT2D eigenvalue weighted by molar-refractivity contribution is 5.88. The van der Waals surface area contributed by atoms with Crippen molar-refractivity contribution in [2.24, 2.45) is 5.73 Å². The Balaban J connectivity index is 1.32. The lowest BCUT2D eigenvalue weighted by molar-refractivity contribution is 0.0697. The standard InChI is InChI=1S/C27H31N7O2/c1-2-34-16-30-23-24(32-27(33-25(23)34)31-22-13-11-21(28)12-14-22)29-15-17-3-5-18(6-4-17)19-7-9-20(10-8-19)26(35)36/h3-10,16,21-22H,2,11-15,28H2,1H3,(H,35,36)(H2,29,31,32,33). The molecular weight excluding hydrogens is 454 g/mol. The fraction of sp³-hybridized carbons (Fsp3) is 0.333. The molecule has 0 atom stereocenters. The number of hydrogen-bond acceptors (Lipinski definition) is 7. The van der Waals surface area contributed by atoms with E-state index in [2.05, 4.69) is 34.7 Å². The van der Waals surface area contributed by atoms with Gasteiger partial charge >= 0.3 is 5.97 Å². The number of aromatic carboxylic acids is 1. The van der Waals surface area contributed by atoms with Gasteiger partial charge in [0.05, 0.1) is 11.9 Å². The molecule has 0 radical (unpaired) electrons. The summed E-state index contributed by atoms with van der Waals surface area (Å²) >= 11 is 0. The number of carbonyl (C=O) groups is 1. The Morgan fingerprint density at radius 1 is 1.03 bits per heavy atom. The Bertz CT molecular complexity index is 1340. The van der Waals surface area contributed by atoms with Crippen molar-refractivity contribution in [2.45, 2.75) is 57.8 Å². The van der Waals surface area contributed by atoms with Crippen LogP contribution in [0.2, 0.25) is 0 Å². The van der Waals surface area contributed by atoms with E-state index in [1.807, 2.05) is 28.8 Å². The van der Waals surface area contributed by atoms with Crippen molar-refractivity contribution >= 4 is 28.9 Å². The Labute approximate surface area is 209 Å². The molecule has 0 amide bonds. The molecule has 5 N–H and O–H groups in total. The molecule has 5 rings (SSSR count). The average molecular weight is 486 g/mol. The number of imidazole rings is 1. The maximum atomic E-state index is 11.1. The Kier molecular flexibility index (Phi) is 6.81. The number of carboxylic acid groups (broad SMARTS) is 1. The lowest BCUT2D eigenvalue weighted by Crippen LogP contribution is -2.33. The van der Waals surface area contributed by atoms with E-state index < -0.39 is 5.97 Å². The lowest BCUT2D eigenvalue weighted by Gasteiger charge is -2.26. The molecule has 2 heterocycles. The van der Waals surface area contributed by atoms with Gasteiger partial charge in [-0.3, -0.25) is 0 Å². The summed E-state index contributed by atoms with van der Waals surface area (Å²) in [6, 6.07) is 15.7. The summed E-state index contributed by atoms with van der Waals surface area (Å²) in [4.78, 5) is 25.2. The summed E-state index contributed by atoms with van der Waals surface area (Å²) in [5.41, 5.74) is 11.0. The molecule has 36 heavy (non-hydrogen) atoms. The maximum Gasteiger partial charge on any atom is 0.335 e. The van der Waals surface area contributed by atoms with Crippen molar-refractivity contribution in [1.82, 2.24) is 19.5 Å². The second-order valence-electron chi connectivity index (χ2n) is 9.29. The number of aryl methyl sites for hydroxylation is 1. The predicted octanol–water partition coefficient (Wildman–Crippen LogP) is 4.51. The molecule has 0 unspecified atom stereocenters. The van der Waals surface area contributed by atoms with Gasteiger partial charge in [-0.1, -0.05) is 36.4 Å². The maximum absolute atomic E-state index is 11.1. The largest absolute Gasteiger partial charge is 0.478 e. The van der Waals surface area contributed by atoms with Gasteiger partial charge < -0.3 is 26.0 Å². The molecule has 9 nitrogen and oxygen atoms in total. The molecule has 1 aliphatic rings. The van der Waals surface area contributed by atoms with E-state index in [-0.39, 0.29) is 5.56 Å². The van der Waals surface area contributed by atoms with Crippen molar-refractivity contribution in [3.05, 3.63) is 66.0 Å². The molecule has 0 aliphatic heterocycles. The smallest absolute Gasteiger partial charge is 0.335 e. The number of carboxylic acids is 1. The molecule has 1 fully saturated rings. The fourth-order valence-corrected chi connectivity index (χ4v) is 4.62. The number of nitrogens with two attached hydrogens (primary N) is 1. The van der Waals surface area contributed by atoms with E-state index >= 15 is 0 Å². The van der Waals surface area contributed by atoms with E-state index in [0.29, 0.717) is 30.4 Å². The first-order valence-corrected chi connectivity index (χ1v) is 12.4. The van der Waals surface area contributed by atoms with Gasteiger partial charge in [0.15, 0.2) is 17.0 Å². The minimum atomic E-state index is -0.924. The predicted molar refractivity (Wildman–Crippen MR) is 141 cm³/mol. The Hall–Kier alpha value is -3.98. The summed E-state index contributed by atoms with van der Waals surface area (Å²) in [7, 11) is 0.